The van der Waals surface area contributed by atoms with Crippen LogP contribution in [0.3, 0.4) is 0 Å². The van der Waals surface area contributed by atoms with E-state index in [1.165, 1.54) is 0 Å². The molecule has 1 spiro atoms. The van der Waals surface area contributed by atoms with E-state index in [2.05, 4.69) is 10.9 Å². The number of rotatable bonds is 2. The summed E-state index contributed by atoms with van der Waals surface area (Å²) in [5.74, 6) is 2.33. The van der Waals surface area contributed by atoms with Crippen molar-refractivity contribution in [2.24, 2.45) is 5.41 Å². The van der Waals surface area contributed by atoms with E-state index in [0.717, 1.165) is 31.4 Å². The molecule has 0 aliphatic carbocycles. The Balaban J connectivity index is 1.69. The van der Waals surface area contributed by atoms with Gasteiger partial charge < -0.3 is 10.0 Å². The predicted octanol–water partition coefficient (Wildman–Crippen LogP) is 1.58. The fraction of sp³-hybridized carbons (Fsp3) is 0.385. The van der Waals surface area contributed by atoms with Crippen molar-refractivity contribution in [2.75, 3.05) is 18.0 Å². The summed E-state index contributed by atoms with van der Waals surface area (Å²) in [6.07, 6.45) is 2.67. The highest BCUT2D eigenvalue weighted by Gasteiger charge is 2.54. The summed E-state index contributed by atoms with van der Waals surface area (Å²) in [6.45, 7) is 2.14. The number of phenols is 1. The first kappa shape index (κ1) is 11.2. The normalized spacial score (nSPS) is 19.9. The Bertz CT molecular complexity index is 538. The molecule has 1 aromatic carbocycles. The highest BCUT2D eigenvalue weighted by Crippen LogP contribution is 2.50. The van der Waals surface area contributed by atoms with Crippen molar-refractivity contribution in [1.82, 2.24) is 0 Å². The van der Waals surface area contributed by atoms with Crippen LogP contribution in [-0.2, 0) is 0 Å². The Morgan fingerprint density at radius 3 is 2.78 bits per heavy atom. The lowest BCUT2D eigenvalue weighted by Crippen LogP contribution is -2.64. The molecular weight excluding hydrogens is 227 g/mol. The first-order valence-electron chi connectivity index (χ1n) is 6.09. The van der Waals surface area contributed by atoms with Gasteiger partial charge in [0.1, 0.15) is 5.75 Å². The lowest BCUT2D eigenvalue weighted by molar-refractivity contribution is 0.112. The Morgan fingerprint density at radius 1 is 1.44 bits per heavy atom. The molecule has 18 heavy (non-hydrogen) atoms. The van der Waals surface area contributed by atoms with Gasteiger partial charge in [-0.05, 0) is 23.6 Å². The van der Waals surface area contributed by atoms with Crippen LogP contribution in [0, 0.1) is 16.6 Å². The second-order valence-electron chi connectivity index (χ2n) is 5.45. The Labute approximate surface area is 106 Å². The molecule has 0 amide bonds. The molecule has 0 atom stereocenters. The number of nitrogens with zero attached hydrogens (tertiary/aromatic N) is 2. The van der Waals surface area contributed by atoms with Crippen LogP contribution in [-0.4, -0.2) is 31.2 Å². The van der Waals surface area contributed by atoms with E-state index in [0.29, 0.717) is 17.3 Å². The molecule has 0 saturated carbocycles. The van der Waals surface area contributed by atoms with Crippen molar-refractivity contribution in [2.45, 2.75) is 12.6 Å². The standard InChI is InChI=1S/C13H13BN2O2/c15-9-14-5-13(6-14)7-16(8-13)11-1-2-12(18)10(3-11)4-17/h1-4,18H,5-8H2. The van der Waals surface area contributed by atoms with Crippen LogP contribution in [0.25, 0.3) is 0 Å². The fourth-order valence-corrected chi connectivity index (χ4v) is 3.11. The molecule has 0 aromatic heterocycles. The molecule has 3 rings (SSSR count). The van der Waals surface area contributed by atoms with E-state index in [-0.39, 0.29) is 12.5 Å². The fourth-order valence-electron chi connectivity index (χ4n) is 3.11. The third-order valence-corrected chi connectivity index (χ3v) is 4.10. The van der Waals surface area contributed by atoms with E-state index in [1.54, 1.807) is 12.1 Å². The Morgan fingerprint density at radius 2 is 2.17 bits per heavy atom. The summed E-state index contributed by atoms with van der Waals surface area (Å²) < 4.78 is 0. The van der Waals surface area contributed by atoms with Crippen LogP contribution in [0.2, 0.25) is 12.6 Å². The summed E-state index contributed by atoms with van der Waals surface area (Å²) in [4.78, 5) is 13.0. The van der Waals surface area contributed by atoms with Gasteiger partial charge in [-0.15, -0.1) is 0 Å². The van der Waals surface area contributed by atoms with Crippen LogP contribution in [0.15, 0.2) is 18.2 Å². The summed E-state index contributed by atoms with van der Waals surface area (Å²) >= 11 is 0. The predicted molar refractivity (Wildman–Crippen MR) is 69.1 cm³/mol. The van der Waals surface area contributed by atoms with Crippen LogP contribution >= 0.6 is 0 Å². The second kappa shape index (κ2) is 3.77. The van der Waals surface area contributed by atoms with Gasteiger partial charge in [0.2, 0.25) is 0 Å². The highest BCUT2D eigenvalue weighted by atomic mass is 16.3. The number of nitriles is 1. The van der Waals surface area contributed by atoms with E-state index in [9.17, 15) is 9.90 Å². The van der Waals surface area contributed by atoms with Gasteiger partial charge in [-0.3, -0.25) is 4.79 Å². The summed E-state index contributed by atoms with van der Waals surface area (Å²) in [5, 5.41) is 18.2. The second-order valence-corrected chi connectivity index (χ2v) is 5.45. The van der Waals surface area contributed by atoms with Gasteiger partial charge in [-0.25, -0.2) is 5.26 Å². The number of aldehydes is 1. The third kappa shape index (κ3) is 1.57. The van der Waals surface area contributed by atoms with E-state index in [4.69, 9.17) is 5.26 Å². The average Bonchev–Trinajstić information content (AvgIpc) is 2.27. The Hall–Kier alpha value is -1.96. The van der Waals surface area contributed by atoms with E-state index >= 15 is 0 Å². The van der Waals surface area contributed by atoms with Gasteiger partial charge >= 0.3 is 0 Å². The summed E-state index contributed by atoms with van der Waals surface area (Å²) in [7, 11) is 0. The maximum Gasteiger partial charge on any atom is 0.269 e. The maximum absolute atomic E-state index is 10.8. The van der Waals surface area contributed by atoms with Gasteiger partial charge in [0.15, 0.2) is 6.29 Å². The lowest BCUT2D eigenvalue weighted by atomic mass is 9.26. The largest absolute Gasteiger partial charge is 0.507 e. The zero-order chi connectivity index (χ0) is 12.8. The van der Waals surface area contributed by atoms with Crippen molar-refractivity contribution in [3.8, 4) is 11.7 Å². The summed E-state index contributed by atoms with van der Waals surface area (Å²) in [6, 6.07) is 5.11. The number of anilines is 1. The van der Waals surface area contributed by atoms with E-state index < -0.39 is 0 Å². The third-order valence-electron chi connectivity index (χ3n) is 4.10. The highest BCUT2D eigenvalue weighted by molar-refractivity contribution is 6.70. The molecule has 1 aromatic rings. The van der Waals surface area contributed by atoms with Crippen LogP contribution in [0.4, 0.5) is 5.69 Å². The summed E-state index contributed by atoms with van der Waals surface area (Å²) in [5.41, 5.74) is 1.64. The van der Waals surface area contributed by atoms with Gasteiger partial charge in [0.05, 0.1) is 5.56 Å². The molecule has 0 bridgehead atoms. The first-order valence-corrected chi connectivity index (χ1v) is 6.09. The van der Waals surface area contributed by atoms with Crippen molar-refractivity contribution < 1.29 is 9.90 Å². The van der Waals surface area contributed by atoms with Crippen LogP contribution in [0.5, 0.6) is 5.75 Å². The quantitative estimate of drug-likeness (QED) is 0.629. The number of carbonyl (C=O) groups is 1. The van der Waals surface area contributed by atoms with Crippen LogP contribution < -0.4 is 4.90 Å². The number of carbonyl (C=O) groups excluding carboxylic acids is 1. The zero-order valence-electron chi connectivity index (χ0n) is 9.97. The maximum atomic E-state index is 10.8. The minimum absolute atomic E-state index is 0.0252. The van der Waals surface area contributed by atoms with Crippen molar-refractivity contribution in [3.63, 3.8) is 0 Å². The molecule has 2 aliphatic heterocycles. The zero-order valence-corrected chi connectivity index (χ0v) is 9.97. The molecular formula is C13H13BN2O2. The number of phenolic OH excluding ortho intramolecular Hbond substituents is 1. The topological polar surface area (TPSA) is 64.3 Å². The minimum Gasteiger partial charge on any atom is -0.507 e. The number of aromatic hydroxyl groups is 1. The number of hydrogen-bond acceptors (Lipinski definition) is 4. The molecule has 0 unspecified atom stereocenters. The first-order chi connectivity index (χ1) is 8.65. The number of hydrogen-bond donors (Lipinski definition) is 1. The monoisotopic (exact) mass is 240 g/mol. The van der Waals surface area contributed by atoms with Gasteiger partial charge in [0, 0.05) is 24.7 Å². The molecule has 90 valence electrons. The molecule has 4 nitrogen and oxygen atoms in total. The molecule has 1 N–H and O–H groups in total. The number of benzene rings is 1. The van der Waals surface area contributed by atoms with Crippen molar-refractivity contribution in [3.05, 3.63) is 23.8 Å². The van der Waals surface area contributed by atoms with Gasteiger partial charge in [-0.2, -0.15) is 0 Å². The van der Waals surface area contributed by atoms with Crippen molar-refractivity contribution >= 4 is 18.7 Å². The SMILES string of the molecule is N#CB1CC2(C1)CN(c1ccc(O)c(C=O)c1)C2. The Kier molecular flexibility index (Phi) is 2.34. The van der Waals surface area contributed by atoms with Crippen molar-refractivity contribution in [1.29, 1.82) is 5.26 Å². The van der Waals surface area contributed by atoms with Gasteiger partial charge in [0.25, 0.3) is 6.71 Å². The smallest absolute Gasteiger partial charge is 0.269 e. The minimum atomic E-state index is 0.0252. The molecule has 2 heterocycles. The molecule has 2 aliphatic rings. The molecule has 2 saturated heterocycles. The lowest BCUT2D eigenvalue weighted by Gasteiger charge is -2.58. The van der Waals surface area contributed by atoms with Crippen LogP contribution in [0.1, 0.15) is 10.4 Å². The molecule has 2 fully saturated rings. The van der Waals surface area contributed by atoms with Gasteiger partial charge in [-0.1, -0.05) is 12.6 Å². The molecule has 0 radical (unpaired) electrons. The van der Waals surface area contributed by atoms with E-state index in [1.807, 2.05) is 6.07 Å². The molecule has 5 heteroatoms. The average molecular weight is 240 g/mol.